The minimum atomic E-state index is 0.131. The summed E-state index contributed by atoms with van der Waals surface area (Å²) < 4.78 is 0. The molecule has 1 aliphatic rings. The summed E-state index contributed by atoms with van der Waals surface area (Å²) in [6.45, 7) is 6.41. The highest BCUT2D eigenvalue weighted by molar-refractivity contribution is 5.78. The number of piperidine rings is 1. The Morgan fingerprint density at radius 2 is 1.70 bits per heavy atom. The number of hydrogen-bond donors (Lipinski definition) is 1. The Labute approximate surface area is 163 Å². The van der Waals surface area contributed by atoms with Crippen LogP contribution in [0, 0.1) is 6.92 Å². The van der Waals surface area contributed by atoms with Crippen molar-refractivity contribution in [2.45, 2.75) is 38.9 Å². The van der Waals surface area contributed by atoms with E-state index in [1.54, 1.807) is 0 Å². The molecule has 27 heavy (non-hydrogen) atoms. The van der Waals surface area contributed by atoms with Gasteiger partial charge in [-0.2, -0.15) is 0 Å². The van der Waals surface area contributed by atoms with Gasteiger partial charge < -0.3 is 5.32 Å². The Morgan fingerprint density at radius 1 is 1.04 bits per heavy atom. The maximum absolute atomic E-state index is 12.4. The van der Waals surface area contributed by atoms with Crippen molar-refractivity contribution in [1.82, 2.24) is 15.1 Å². The number of aryl methyl sites for hydroxylation is 1. The summed E-state index contributed by atoms with van der Waals surface area (Å²) in [5.74, 6) is 0.131. The second kappa shape index (κ2) is 9.67. The number of carbonyl (C=O) groups is 1. The van der Waals surface area contributed by atoms with Crippen LogP contribution in [0.15, 0.2) is 54.6 Å². The third kappa shape index (κ3) is 6.49. The molecule has 1 amide bonds. The van der Waals surface area contributed by atoms with Crippen LogP contribution in [0.1, 0.15) is 29.5 Å². The van der Waals surface area contributed by atoms with Gasteiger partial charge in [-0.3, -0.25) is 14.6 Å². The van der Waals surface area contributed by atoms with Crippen molar-refractivity contribution in [1.29, 1.82) is 0 Å². The van der Waals surface area contributed by atoms with E-state index in [1.165, 1.54) is 16.7 Å². The summed E-state index contributed by atoms with van der Waals surface area (Å²) in [6, 6.07) is 19.4. The minimum Gasteiger partial charge on any atom is -0.352 e. The fraction of sp³-hybridized carbons (Fsp3) is 0.435. The van der Waals surface area contributed by atoms with Crippen molar-refractivity contribution in [3.05, 3.63) is 71.3 Å². The molecule has 0 bridgehead atoms. The van der Waals surface area contributed by atoms with E-state index in [2.05, 4.69) is 76.6 Å². The Hall–Kier alpha value is -2.17. The highest BCUT2D eigenvalue weighted by Crippen LogP contribution is 2.14. The lowest BCUT2D eigenvalue weighted by Crippen LogP contribution is -2.46. The molecule has 0 saturated carbocycles. The Kier molecular flexibility index (Phi) is 7.02. The fourth-order valence-corrected chi connectivity index (χ4v) is 3.66. The van der Waals surface area contributed by atoms with Crippen molar-refractivity contribution in [3.63, 3.8) is 0 Å². The predicted molar refractivity (Wildman–Crippen MR) is 110 cm³/mol. The van der Waals surface area contributed by atoms with E-state index in [1.807, 2.05) is 7.05 Å². The number of benzene rings is 2. The van der Waals surface area contributed by atoms with Crippen molar-refractivity contribution in [2.24, 2.45) is 0 Å². The van der Waals surface area contributed by atoms with Gasteiger partial charge in [-0.15, -0.1) is 0 Å². The molecule has 144 valence electrons. The molecule has 1 fully saturated rings. The standard InChI is InChI=1S/C23H31N3O/c1-19-8-10-21(11-9-19)16-25(2)18-23(27)24-22-12-14-26(15-13-22)17-20-6-4-3-5-7-20/h3-11,22H,12-18H2,1-2H3,(H,24,27). The number of nitrogens with zero attached hydrogens (tertiary/aromatic N) is 2. The molecule has 1 saturated heterocycles. The fourth-order valence-electron chi connectivity index (χ4n) is 3.66. The van der Waals surface area contributed by atoms with E-state index in [0.29, 0.717) is 12.6 Å². The van der Waals surface area contributed by atoms with Gasteiger partial charge >= 0.3 is 0 Å². The summed E-state index contributed by atoms with van der Waals surface area (Å²) >= 11 is 0. The van der Waals surface area contributed by atoms with E-state index in [-0.39, 0.29) is 5.91 Å². The normalized spacial score (nSPS) is 15.8. The Bertz CT molecular complexity index is 706. The summed E-state index contributed by atoms with van der Waals surface area (Å²) in [4.78, 5) is 16.9. The quantitative estimate of drug-likeness (QED) is 0.818. The zero-order chi connectivity index (χ0) is 19.1. The molecule has 0 unspecified atom stereocenters. The van der Waals surface area contributed by atoms with Gasteiger partial charge in [-0.25, -0.2) is 0 Å². The molecule has 3 rings (SSSR count). The van der Waals surface area contributed by atoms with E-state index in [4.69, 9.17) is 0 Å². The maximum Gasteiger partial charge on any atom is 0.234 e. The van der Waals surface area contributed by atoms with E-state index >= 15 is 0 Å². The van der Waals surface area contributed by atoms with Gasteiger partial charge in [0.25, 0.3) is 0 Å². The van der Waals surface area contributed by atoms with E-state index < -0.39 is 0 Å². The second-order valence-electron chi connectivity index (χ2n) is 7.76. The highest BCUT2D eigenvalue weighted by atomic mass is 16.2. The lowest BCUT2D eigenvalue weighted by atomic mass is 10.0. The molecule has 0 radical (unpaired) electrons. The SMILES string of the molecule is Cc1ccc(CN(C)CC(=O)NC2CCN(Cc3ccccc3)CC2)cc1. The average Bonchev–Trinajstić information content (AvgIpc) is 2.66. The number of rotatable bonds is 7. The summed E-state index contributed by atoms with van der Waals surface area (Å²) in [7, 11) is 2.00. The zero-order valence-corrected chi connectivity index (χ0v) is 16.5. The third-order valence-corrected chi connectivity index (χ3v) is 5.19. The van der Waals surface area contributed by atoms with Crippen LogP contribution >= 0.6 is 0 Å². The van der Waals surface area contributed by atoms with Gasteiger partial charge in [0.1, 0.15) is 0 Å². The summed E-state index contributed by atoms with van der Waals surface area (Å²) in [5, 5.41) is 3.22. The van der Waals surface area contributed by atoms with Crippen LogP contribution in [0.5, 0.6) is 0 Å². The molecular formula is C23H31N3O. The van der Waals surface area contributed by atoms with Gasteiger partial charge in [0, 0.05) is 32.2 Å². The van der Waals surface area contributed by atoms with Crippen LogP contribution in [0.4, 0.5) is 0 Å². The van der Waals surface area contributed by atoms with Crippen LogP contribution in [-0.4, -0.2) is 48.4 Å². The largest absolute Gasteiger partial charge is 0.352 e. The van der Waals surface area contributed by atoms with Gasteiger partial charge in [0.05, 0.1) is 6.54 Å². The van der Waals surface area contributed by atoms with Crippen LogP contribution in [-0.2, 0) is 17.9 Å². The first-order valence-corrected chi connectivity index (χ1v) is 9.88. The monoisotopic (exact) mass is 365 g/mol. The second-order valence-corrected chi connectivity index (χ2v) is 7.76. The molecule has 2 aromatic carbocycles. The highest BCUT2D eigenvalue weighted by Gasteiger charge is 2.21. The first kappa shape index (κ1) is 19.6. The van der Waals surface area contributed by atoms with Gasteiger partial charge in [-0.05, 0) is 37.9 Å². The van der Waals surface area contributed by atoms with Crippen LogP contribution in [0.25, 0.3) is 0 Å². The van der Waals surface area contributed by atoms with E-state index in [9.17, 15) is 4.79 Å². The number of amides is 1. The third-order valence-electron chi connectivity index (χ3n) is 5.19. The van der Waals surface area contributed by atoms with Gasteiger partial charge in [0.2, 0.25) is 5.91 Å². The Balaban J connectivity index is 1.37. The first-order valence-electron chi connectivity index (χ1n) is 9.88. The number of hydrogen-bond acceptors (Lipinski definition) is 3. The molecule has 0 aromatic heterocycles. The van der Waals surface area contributed by atoms with Crippen molar-refractivity contribution < 1.29 is 4.79 Å². The number of likely N-dealkylation sites (tertiary alicyclic amines) is 1. The van der Waals surface area contributed by atoms with Crippen LogP contribution in [0.3, 0.4) is 0 Å². The first-order chi connectivity index (χ1) is 13.1. The lowest BCUT2D eigenvalue weighted by molar-refractivity contribution is -0.123. The average molecular weight is 366 g/mol. The number of nitrogens with one attached hydrogen (secondary N) is 1. The number of likely N-dealkylation sites (N-methyl/N-ethyl adjacent to an activating group) is 1. The summed E-state index contributed by atoms with van der Waals surface area (Å²) in [5.41, 5.74) is 3.86. The van der Waals surface area contributed by atoms with Gasteiger partial charge in [-0.1, -0.05) is 60.2 Å². The molecule has 0 atom stereocenters. The molecule has 1 N–H and O–H groups in total. The molecular weight excluding hydrogens is 334 g/mol. The number of carbonyl (C=O) groups excluding carboxylic acids is 1. The molecule has 2 aromatic rings. The van der Waals surface area contributed by atoms with Gasteiger partial charge in [0.15, 0.2) is 0 Å². The predicted octanol–water partition coefficient (Wildman–Crippen LogP) is 3.21. The molecule has 4 heteroatoms. The van der Waals surface area contributed by atoms with Crippen molar-refractivity contribution >= 4 is 5.91 Å². The van der Waals surface area contributed by atoms with Crippen LogP contribution in [0.2, 0.25) is 0 Å². The van der Waals surface area contributed by atoms with Crippen molar-refractivity contribution in [2.75, 3.05) is 26.7 Å². The zero-order valence-electron chi connectivity index (χ0n) is 16.5. The topological polar surface area (TPSA) is 35.6 Å². The molecule has 1 aliphatic heterocycles. The molecule has 1 heterocycles. The smallest absolute Gasteiger partial charge is 0.234 e. The molecule has 0 spiro atoms. The molecule has 0 aliphatic carbocycles. The molecule has 4 nitrogen and oxygen atoms in total. The lowest BCUT2D eigenvalue weighted by Gasteiger charge is -2.32. The summed E-state index contributed by atoms with van der Waals surface area (Å²) in [6.07, 6.45) is 2.06. The Morgan fingerprint density at radius 3 is 2.37 bits per heavy atom. The van der Waals surface area contributed by atoms with Crippen molar-refractivity contribution in [3.8, 4) is 0 Å². The minimum absolute atomic E-state index is 0.131. The van der Waals surface area contributed by atoms with E-state index in [0.717, 1.165) is 39.0 Å². The van der Waals surface area contributed by atoms with Crippen LogP contribution < -0.4 is 5.32 Å². The maximum atomic E-state index is 12.4.